The zero-order valence-corrected chi connectivity index (χ0v) is 15.1. The first-order valence-corrected chi connectivity index (χ1v) is 9.67. The lowest BCUT2D eigenvalue weighted by Gasteiger charge is -2.35. The molecular formula is C20H30N2O3. The molecule has 0 spiro atoms. The van der Waals surface area contributed by atoms with E-state index >= 15 is 0 Å². The highest BCUT2D eigenvalue weighted by Crippen LogP contribution is 2.37. The molecule has 0 unspecified atom stereocenters. The molecule has 2 aliphatic heterocycles. The molecule has 4 atom stereocenters. The zero-order valence-electron chi connectivity index (χ0n) is 15.1. The van der Waals surface area contributed by atoms with Gasteiger partial charge < -0.3 is 19.9 Å². The molecule has 25 heavy (non-hydrogen) atoms. The first-order chi connectivity index (χ1) is 12.2. The monoisotopic (exact) mass is 346 g/mol. The molecule has 1 aliphatic carbocycles. The maximum Gasteiger partial charge on any atom is 0.162 e. The van der Waals surface area contributed by atoms with E-state index in [1.807, 2.05) is 6.07 Å². The van der Waals surface area contributed by atoms with E-state index in [4.69, 9.17) is 9.47 Å². The molecule has 3 aliphatic rings. The van der Waals surface area contributed by atoms with Gasteiger partial charge in [0.05, 0.1) is 13.2 Å². The van der Waals surface area contributed by atoms with Crippen LogP contribution >= 0.6 is 0 Å². The van der Waals surface area contributed by atoms with Crippen molar-refractivity contribution < 1.29 is 14.6 Å². The van der Waals surface area contributed by atoms with E-state index in [9.17, 15) is 5.11 Å². The SMILES string of the molecule is COc1ccc(CN2CCCC2)cc1O[C@@H]1C[C@@H]2CNC[C@@H]2C[C@H]1O. The Morgan fingerprint density at radius 1 is 1.12 bits per heavy atom. The van der Waals surface area contributed by atoms with Crippen LogP contribution < -0.4 is 14.8 Å². The number of fused-ring (bicyclic) bond motifs is 1. The first kappa shape index (κ1) is 17.1. The number of methoxy groups -OCH3 is 1. The Morgan fingerprint density at radius 3 is 2.64 bits per heavy atom. The smallest absolute Gasteiger partial charge is 0.162 e. The van der Waals surface area contributed by atoms with Crippen LogP contribution in [-0.2, 0) is 6.54 Å². The van der Waals surface area contributed by atoms with Crippen LogP contribution in [0.3, 0.4) is 0 Å². The van der Waals surface area contributed by atoms with Gasteiger partial charge in [-0.1, -0.05) is 6.07 Å². The topological polar surface area (TPSA) is 54.0 Å². The molecule has 0 radical (unpaired) electrons. The van der Waals surface area contributed by atoms with Crippen molar-refractivity contribution in [2.75, 3.05) is 33.3 Å². The van der Waals surface area contributed by atoms with Crippen molar-refractivity contribution in [3.05, 3.63) is 23.8 Å². The molecule has 2 saturated heterocycles. The molecule has 0 aromatic heterocycles. The number of rotatable bonds is 5. The molecule has 138 valence electrons. The lowest BCUT2D eigenvalue weighted by atomic mass is 9.78. The first-order valence-electron chi connectivity index (χ1n) is 9.67. The highest BCUT2D eigenvalue weighted by atomic mass is 16.5. The normalized spacial score (nSPS) is 32.6. The summed E-state index contributed by atoms with van der Waals surface area (Å²) in [5, 5.41) is 14.0. The molecule has 1 saturated carbocycles. The maximum absolute atomic E-state index is 10.5. The number of benzene rings is 1. The van der Waals surface area contributed by atoms with Crippen molar-refractivity contribution in [3.8, 4) is 11.5 Å². The summed E-state index contributed by atoms with van der Waals surface area (Å²) in [6.07, 6.45) is 3.80. The molecule has 1 aromatic carbocycles. The van der Waals surface area contributed by atoms with Gasteiger partial charge in [0.15, 0.2) is 11.5 Å². The number of aliphatic hydroxyl groups excluding tert-OH is 1. The van der Waals surface area contributed by atoms with Crippen molar-refractivity contribution in [3.63, 3.8) is 0 Å². The third-order valence-electron chi connectivity index (χ3n) is 6.10. The molecule has 4 rings (SSSR count). The van der Waals surface area contributed by atoms with Gasteiger partial charge in [0.2, 0.25) is 0 Å². The molecule has 2 heterocycles. The summed E-state index contributed by atoms with van der Waals surface area (Å²) in [7, 11) is 1.68. The Morgan fingerprint density at radius 2 is 1.88 bits per heavy atom. The number of nitrogens with one attached hydrogen (secondary N) is 1. The Bertz CT molecular complexity index is 588. The lowest BCUT2D eigenvalue weighted by molar-refractivity contribution is -0.0241. The second-order valence-electron chi connectivity index (χ2n) is 7.84. The minimum Gasteiger partial charge on any atom is -0.493 e. The minimum atomic E-state index is -0.395. The zero-order chi connectivity index (χ0) is 17.2. The highest BCUT2D eigenvalue weighted by molar-refractivity contribution is 5.43. The largest absolute Gasteiger partial charge is 0.493 e. The predicted octanol–water partition coefficient (Wildman–Crippen LogP) is 2.03. The maximum atomic E-state index is 10.5. The quantitative estimate of drug-likeness (QED) is 0.854. The molecule has 0 amide bonds. The molecule has 0 bridgehead atoms. The van der Waals surface area contributed by atoms with Gasteiger partial charge in [-0.3, -0.25) is 4.90 Å². The Labute approximate surface area is 150 Å². The van der Waals surface area contributed by atoms with Crippen LogP contribution in [0.1, 0.15) is 31.2 Å². The van der Waals surface area contributed by atoms with E-state index in [-0.39, 0.29) is 6.10 Å². The fourth-order valence-electron chi connectivity index (χ4n) is 4.66. The van der Waals surface area contributed by atoms with Gasteiger partial charge in [0, 0.05) is 6.54 Å². The van der Waals surface area contributed by atoms with E-state index < -0.39 is 6.10 Å². The van der Waals surface area contributed by atoms with Crippen LogP contribution in [0.25, 0.3) is 0 Å². The van der Waals surface area contributed by atoms with E-state index in [1.165, 1.54) is 31.5 Å². The van der Waals surface area contributed by atoms with E-state index in [2.05, 4.69) is 22.3 Å². The van der Waals surface area contributed by atoms with Crippen LogP contribution in [0.5, 0.6) is 11.5 Å². The van der Waals surface area contributed by atoms with Crippen LogP contribution in [-0.4, -0.2) is 55.5 Å². The number of likely N-dealkylation sites (tertiary alicyclic amines) is 1. The standard InChI is InChI=1S/C20H30N2O3/c1-24-18-5-4-14(13-22-6-2-3-7-22)8-20(18)25-19-10-16-12-21-11-15(16)9-17(19)23/h4-5,8,15-17,19,21,23H,2-3,6-7,9-13H2,1H3/t15-,16+,17+,19+/m0/s1. The number of aliphatic hydroxyl groups is 1. The summed E-state index contributed by atoms with van der Waals surface area (Å²) in [6.45, 7) is 5.40. The summed E-state index contributed by atoms with van der Waals surface area (Å²) in [5.74, 6) is 2.74. The summed E-state index contributed by atoms with van der Waals surface area (Å²) in [6, 6.07) is 6.22. The molecule has 2 N–H and O–H groups in total. The van der Waals surface area contributed by atoms with Gasteiger partial charge in [0.1, 0.15) is 6.10 Å². The van der Waals surface area contributed by atoms with Crippen LogP contribution in [0.4, 0.5) is 0 Å². The van der Waals surface area contributed by atoms with Crippen molar-refractivity contribution in [1.82, 2.24) is 10.2 Å². The second-order valence-corrected chi connectivity index (χ2v) is 7.84. The average molecular weight is 346 g/mol. The van der Waals surface area contributed by atoms with Gasteiger partial charge in [-0.25, -0.2) is 0 Å². The van der Waals surface area contributed by atoms with E-state index in [1.54, 1.807) is 7.11 Å². The molecule has 5 heteroatoms. The fraction of sp³-hybridized carbons (Fsp3) is 0.700. The number of hydrogen-bond donors (Lipinski definition) is 2. The lowest BCUT2D eigenvalue weighted by Crippen LogP contribution is -2.42. The predicted molar refractivity (Wildman–Crippen MR) is 97.0 cm³/mol. The van der Waals surface area contributed by atoms with Crippen molar-refractivity contribution in [1.29, 1.82) is 0 Å². The Kier molecular flexibility index (Phi) is 5.15. The molecule has 1 aromatic rings. The highest BCUT2D eigenvalue weighted by Gasteiger charge is 2.40. The van der Waals surface area contributed by atoms with Crippen molar-refractivity contribution in [2.24, 2.45) is 11.8 Å². The van der Waals surface area contributed by atoms with Crippen molar-refractivity contribution in [2.45, 2.75) is 44.4 Å². The van der Waals surface area contributed by atoms with Gasteiger partial charge in [-0.05, 0) is 81.4 Å². The number of ether oxygens (including phenoxy) is 2. The van der Waals surface area contributed by atoms with Gasteiger partial charge in [-0.2, -0.15) is 0 Å². The third kappa shape index (κ3) is 3.78. The number of hydrogen-bond acceptors (Lipinski definition) is 5. The van der Waals surface area contributed by atoms with Gasteiger partial charge in [-0.15, -0.1) is 0 Å². The Balaban J connectivity index is 1.47. The number of nitrogens with zero attached hydrogens (tertiary/aromatic N) is 1. The summed E-state index contributed by atoms with van der Waals surface area (Å²) in [5.41, 5.74) is 1.25. The van der Waals surface area contributed by atoms with Crippen LogP contribution in [0, 0.1) is 11.8 Å². The fourth-order valence-corrected chi connectivity index (χ4v) is 4.66. The molecule has 5 nitrogen and oxygen atoms in total. The van der Waals surface area contributed by atoms with Gasteiger partial charge >= 0.3 is 0 Å². The van der Waals surface area contributed by atoms with Gasteiger partial charge in [0.25, 0.3) is 0 Å². The second kappa shape index (κ2) is 7.52. The van der Waals surface area contributed by atoms with Crippen LogP contribution in [0.2, 0.25) is 0 Å². The summed E-state index contributed by atoms with van der Waals surface area (Å²) in [4.78, 5) is 2.48. The molecular weight excluding hydrogens is 316 g/mol. The molecule has 3 fully saturated rings. The van der Waals surface area contributed by atoms with E-state index in [0.29, 0.717) is 11.8 Å². The summed E-state index contributed by atoms with van der Waals surface area (Å²) >= 11 is 0. The van der Waals surface area contributed by atoms with Crippen molar-refractivity contribution >= 4 is 0 Å². The summed E-state index contributed by atoms with van der Waals surface area (Å²) < 4.78 is 11.8. The van der Waals surface area contributed by atoms with Crippen LogP contribution in [0.15, 0.2) is 18.2 Å². The van der Waals surface area contributed by atoms with E-state index in [0.717, 1.165) is 44.0 Å². The Hall–Kier alpha value is -1.30. The minimum absolute atomic E-state index is 0.142. The average Bonchev–Trinajstić information content (AvgIpc) is 3.27. The third-order valence-corrected chi connectivity index (χ3v) is 6.10.